The van der Waals surface area contributed by atoms with Crippen molar-refractivity contribution in [1.29, 1.82) is 0 Å². The third-order valence-corrected chi connectivity index (χ3v) is 4.57. The minimum Gasteiger partial charge on any atom is -0.316 e. The predicted octanol–water partition coefficient (Wildman–Crippen LogP) is 1.79. The lowest BCUT2D eigenvalue weighted by atomic mass is 10.1. The summed E-state index contributed by atoms with van der Waals surface area (Å²) in [6.07, 6.45) is 5.48. The van der Waals surface area contributed by atoms with Crippen molar-refractivity contribution in [1.82, 2.24) is 15.1 Å². The topological polar surface area (TPSA) is 18.5 Å². The van der Waals surface area contributed by atoms with E-state index in [2.05, 4.69) is 36.0 Å². The lowest BCUT2D eigenvalue weighted by Gasteiger charge is -2.28. The molecule has 0 radical (unpaired) electrons. The second kappa shape index (κ2) is 6.88. The SMILES string of the molecule is CCCNCC1CCN(CC(C)N(C)C2CC2)C1. The van der Waals surface area contributed by atoms with Gasteiger partial charge in [0.25, 0.3) is 0 Å². The van der Waals surface area contributed by atoms with Crippen LogP contribution < -0.4 is 5.32 Å². The third-order valence-electron chi connectivity index (χ3n) is 4.57. The summed E-state index contributed by atoms with van der Waals surface area (Å²) in [5.41, 5.74) is 0. The summed E-state index contributed by atoms with van der Waals surface area (Å²) >= 11 is 0. The molecule has 1 aliphatic heterocycles. The van der Waals surface area contributed by atoms with Gasteiger partial charge in [-0.3, -0.25) is 4.90 Å². The van der Waals surface area contributed by atoms with Crippen LogP contribution in [0.2, 0.25) is 0 Å². The van der Waals surface area contributed by atoms with E-state index >= 15 is 0 Å². The molecule has 0 bridgehead atoms. The van der Waals surface area contributed by atoms with Crippen molar-refractivity contribution in [2.24, 2.45) is 5.92 Å². The van der Waals surface area contributed by atoms with Gasteiger partial charge in [-0.15, -0.1) is 0 Å². The van der Waals surface area contributed by atoms with E-state index < -0.39 is 0 Å². The fourth-order valence-corrected chi connectivity index (χ4v) is 3.07. The molecule has 0 aromatic carbocycles. The highest BCUT2D eigenvalue weighted by Gasteiger charge is 2.31. The average molecular weight is 253 g/mol. The first-order chi connectivity index (χ1) is 8.70. The second-order valence-corrected chi connectivity index (χ2v) is 6.36. The fourth-order valence-electron chi connectivity index (χ4n) is 3.07. The molecule has 1 saturated heterocycles. The highest BCUT2D eigenvalue weighted by atomic mass is 15.2. The minimum absolute atomic E-state index is 0.722. The summed E-state index contributed by atoms with van der Waals surface area (Å²) in [5, 5.41) is 3.56. The molecule has 1 heterocycles. The molecule has 3 heteroatoms. The lowest BCUT2D eigenvalue weighted by molar-refractivity contribution is 0.182. The van der Waals surface area contributed by atoms with E-state index in [1.54, 1.807) is 0 Å². The summed E-state index contributed by atoms with van der Waals surface area (Å²) in [5.74, 6) is 0.884. The molecule has 1 aliphatic carbocycles. The standard InChI is InChI=1S/C15H31N3/c1-4-8-16-10-14-7-9-18(12-14)11-13(2)17(3)15-5-6-15/h13-16H,4-12H2,1-3H3. The van der Waals surface area contributed by atoms with Gasteiger partial charge >= 0.3 is 0 Å². The van der Waals surface area contributed by atoms with Gasteiger partial charge in [-0.2, -0.15) is 0 Å². The van der Waals surface area contributed by atoms with Gasteiger partial charge < -0.3 is 10.2 Å². The monoisotopic (exact) mass is 253 g/mol. The molecule has 18 heavy (non-hydrogen) atoms. The first kappa shape index (κ1) is 14.3. The van der Waals surface area contributed by atoms with Crippen molar-refractivity contribution in [2.75, 3.05) is 39.8 Å². The van der Waals surface area contributed by atoms with Crippen molar-refractivity contribution in [3.05, 3.63) is 0 Å². The largest absolute Gasteiger partial charge is 0.316 e. The zero-order valence-electron chi connectivity index (χ0n) is 12.5. The molecule has 0 spiro atoms. The number of rotatable bonds is 8. The van der Waals surface area contributed by atoms with Gasteiger partial charge in [-0.1, -0.05) is 6.92 Å². The summed E-state index contributed by atoms with van der Waals surface area (Å²) in [6, 6.07) is 1.62. The van der Waals surface area contributed by atoms with Crippen molar-refractivity contribution in [2.45, 2.75) is 51.6 Å². The fraction of sp³-hybridized carbons (Fsp3) is 1.00. The summed E-state index contributed by atoms with van der Waals surface area (Å²) < 4.78 is 0. The van der Waals surface area contributed by atoms with Crippen molar-refractivity contribution >= 4 is 0 Å². The van der Waals surface area contributed by atoms with E-state index in [0.29, 0.717) is 0 Å². The van der Waals surface area contributed by atoms with Gasteiger partial charge in [0.2, 0.25) is 0 Å². The van der Waals surface area contributed by atoms with Gasteiger partial charge in [-0.05, 0) is 65.2 Å². The molecule has 1 N–H and O–H groups in total. The van der Waals surface area contributed by atoms with Crippen molar-refractivity contribution < 1.29 is 0 Å². The zero-order chi connectivity index (χ0) is 13.0. The van der Waals surface area contributed by atoms with E-state index in [4.69, 9.17) is 0 Å². The van der Waals surface area contributed by atoms with Crippen LogP contribution in [0.1, 0.15) is 39.5 Å². The maximum atomic E-state index is 3.56. The van der Waals surface area contributed by atoms with Crippen LogP contribution in [0, 0.1) is 5.92 Å². The van der Waals surface area contributed by atoms with E-state index in [1.807, 2.05) is 0 Å². The van der Waals surface area contributed by atoms with Crippen LogP contribution in [0.5, 0.6) is 0 Å². The lowest BCUT2D eigenvalue weighted by Crippen LogP contribution is -2.40. The van der Waals surface area contributed by atoms with Crippen molar-refractivity contribution in [3.8, 4) is 0 Å². The minimum atomic E-state index is 0.722. The highest BCUT2D eigenvalue weighted by molar-refractivity contribution is 4.87. The Morgan fingerprint density at radius 2 is 2.11 bits per heavy atom. The van der Waals surface area contributed by atoms with E-state index in [0.717, 1.165) is 18.0 Å². The van der Waals surface area contributed by atoms with Gasteiger partial charge in [0.05, 0.1) is 0 Å². The molecular formula is C15H31N3. The average Bonchev–Trinajstić information content (AvgIpc) is 3.11. The van der Waals surface area contributed by atoms with Gasteiger partial charge in [0.15, 0.2) is 0 Å². The molecule has 2 fully saturated rings. The Morgan fingerprint density at radius 1 is 1.33 bits per heavy atom. The van der Waals surface area contributed by atoms with Crippen LogP contribution in [-0.2, 0) is 0 Å². The summed E-state index contributed by atoms with van der Waals surface area (Å²) in [7, 11) is 2.30. The van der Waals surface area contributed by atoms with Crippen LogP contribution in [0.15, 0.2) is 0 Å². The van der Waals surface area contributed by atoms with Crippen LogP contribution in [0.25, 0.3) is 0 Å². The molecule has 0 amide bonds. The molecule has 2 aliphatic rings. The van der Waals surface area contributed by atoms with Crippen LogP contribution in [-0.4, -0.2) is 61.7 Å². The van der Waals surface area contributed by atoms with Gasteiger partial charge in [-0.25, -0.2) is 0 Å². The van der Waals surface area contributed by atoms with Gasteiger partial charge in [0, 0.05) is 25.2 Å². The molecule has 2 rings (SSSR count). The number of nitrogens with one attached hydrogen (secondary N) is 1. The first-order valence-electron chi connectivity index (χ1n) is 7.85. The first-order valence-corrected chi connectivity index (χ1v) is 7.85. The summed E-state index contributed by atoms with van der Waals surface area (Å²) in [4.78, 5) is 5.25. The Kier molecular flexibility index (Phi) is 5.46. The smallest absolute Gasteiger partial charge is 0.0194 e. The Morgan fingerprint density at radius 3 is 2.78 bits per heavy atom. The summed E-state index contributed by atoms with van der Waals surface area (Å²) in [6.45, 7) is 10.9. The molecule has 1 saturated carbocycles. The molecule has 0 aromatic heterocycles. The molecule has 2 atom stereocenters. The Labute approximate surface area is 113 Å². The maximum absolute atomic E-state index is 3.56. The second-order valence-electron chi connectivity index (χ2n) is 6.36. The normalized spacial score (nSPS) is 27.0. The third kappa shape index (κ3) is 4.22. The van der Waals surface area contributed by atoms with Crippen LogP contribution >= 0.6 is 0 Å². The Bertz CT molecular complexity index is 240. The molecule has 2 unspecified atom stereocenters. The number of nitrogens with zero attached hydrogens (tertiary/aromatic N) is 2. The Balaban J connectivity index is 1.62. The van der Waals surface area contributed by atoms with Gasteiger partial charge in [0.1, 0.15) is 0 Å². The molecule has 0 aromatic rings. The number of likely N-dealkylation sites (tertiary alicyclic amines) is 1. The number of hydrogen-bond acceptors (Lipinski definition) is 3. The van der Waals surface area contributed by atoms with E-state index in [1.165, 1.54) is 58.4 Å². The molecular weight excluding hydrogens is 222 g/mol. The zero-order valence-corrected chi connectivity index (χ0v) is 12.5. The van der Waals surface area contributed by atoms with Crippen molar-refractivity contribution in [3.63, 3.8) is 0 Å². The Hall–Kier alpha value is -0.120. The number of likely N-dealkylation sites (N-methyl/N-ethyl adjacent to an activating group) is 1. The highest BCUT2D eigenvalue weighted by Crippen LogP contribution is 2.27. The van der Waals surface area contributed by atoms with E-state index in [-0.39, 0.29) is 0 Å². The van der Waals surface area contributed by atoms with Crippen LogP contribution in [0.3, 0.4) is 0 Å². The van der Waals surface area contributed by atoms with E-state index in [9.17, 15) is 0 Å². The predicted molar refractivity (Wildman–Crippen MR) is 78.0 cm³/mol. The molecule has 106 valence electrons. The molecule has 3 nitrogen and oxygen atoms in total. The quantitative estimate of drug-likeness (QED) is 0.665. The van der Waals surface area contributed by atoms with Crippen LogP contribution in [0.4, 0.5) is 0 Å². The maximum Gasteiger partial charge on any atom is 0.0194 e. The number of hydrogen-bond donors (Lipinski definition) is 1.